The number of aromatic nitrogens is 1. The first kappa shape index (κ1) is 21.6. The molecule has 2 aromatic carbocycles. The van der Waals surface area contributed by atoms with E-state index in [0.29, 0.717) is 5.56 Å². The van der Waals surface area contributed by atoms with Gasteiger partial charge in [-0.25, -0.2) is 18.5 Å². The van der Waals surface area contributed by atoms with Crippen molar-refractivity contribution in [3.05, 3.63) is 57.7 Å². The number of benzene rings is 2. The minimum atomic E-state index is -3.90. The van der Waals surface area contributed by atoms with Crippen LogP contribution in [0.4, 0.5) is 11.4 Å². The normalized spacial score (nSPS) is 12.4. The highest BCUT2D eigenvalue weighted by Gasteiger charge is 2.15. The van der Waals surface area contributed by atoms with E-state index < -0.39 is 10.0 Å². The number of anilines is 1. The van der Waals surface area contributed by atoms with Gasteiger partial charge >= 0.3 is 0 Å². The third-order valence-electron chi connectivity index (χ3n) is 4.66. The number of sulfonamides is 1. The van der Waals surface area contributed by atoms with Crippen molar-refractivity contribution in [1.82, 2.24) is 4.57 Å². The zero-order chi connectivity index (χ0) is 21.2. The van der Waals surface area contributed by atoms with E-state index in [1.54, 1.807) is 6.07 Å². The molecule has 0 amide bonds. The molecule has 0 aliphatic rings. The molecule has 0 radical (unpaired) electrons. The lowest BCUT2D eigenvalue weighted by Gasteiger charge is -2.20. The molecule has 3 rings (SSSR count). The Morgan fingerprint density at radius 1 is 1.14 bits per heavy atom. The molecule has 3 aromatic rings. The minimum Gasteiger partial charge on any atom is -0.372 e. The van der Waals surface area contributed by atoms with E-state index in [0.717, 1.165) is 29.3 Å². The van der Waals surface area contributed by atoms with Crippen LogP contribution in [0, 0.1) is 0 Å². The monoisotopic (exact) mass is 450 g/mol. The molecule has 6 nitrogen and oxygen atoms in total. The van der Waals surface area contributed by atoms with Crippen molar-refractivity contribution >= 4 is 44.3 Å². The highest BCUT2D eigenvalue weighted by molar-refractivity contribution is 7.89. The molecule has 2 N–H and O–H groups in total. The summed E-state index contributed by atoms with van der Waals surface area (Å²) < 4.78 is 25.4. The fourth-order valence-electron chi connectivity index (χ4n) is 3.05. The van der Waals surface area contributed by atoms with Gasteiger partial charge in [-0.2, -0.15) is 0 Å². The summed E-state index contributed by atoms with van der Waals surface area (Å²) in [5.41, 5.74) is 3.55. The molecular formula is C20H23ClN4O2S2. The molecule has 0 spiro atoms. The van der Waals surface area contributed by atoms with Crippen molar-refractivity contribution in [3.8, 4) is 11.3 Å². The van der Waals surface area contributed by atoms with Gasteiger partial charge in [-0.1, -0.05) is 17.7 Å². The van der Waals surface area contributed by atoms with E-state index in [4.69, 9.17) is 21.7 Å². The van der Waals surface area contributed by atoms with Crippen LogP contribution in [0.5, 0.6) is 0 Å². The van der Waals surface area contributed by atoms with Gasteiger partial charge in [0, 0.05) is 36.8 Å². The highest BCUT2D eigenvalue weighted by Crippen LogP contribution is 2.28. The number of halogens is 1. The topological polar surface area (TPSA) is 80.7 Å². The lowest BCUT2D eigenvalue weighted by molar-refractivity contribution is 0.598. The number of nitrogens with zero attached hydrogens (tertiary/aromatic N) is 3. The van der Waals surface area contributed by atoms with Gasteiger partial charge in [0.1, 0.15) is 4.90 Å². The quantitative estimate of drug-likeness (QED) is 0.613. The van der Waals surface area contributed by atoms with Crippen molar-refractivity contribution < 1.29 is 8.42 Å². The Balaban J connectivity index is 1.98. The second kappa shape index (κ2) is 8.71. The highest BCUT2D eigenvalue weighted by atomic mass is 35.5. The van der Waals surface area contributed by atoms with E-state index in [1.807, 2.05) is 29.1 Å². The molecule has 1 aromatic heterocycles. The van der Waals surface area contributed by atoms with Crippen LogP contribution in [-0.2, 0) is 17.1 Å². The fourth-order valence-corrected chi connectivity index (χ4v) is 5.05. The lowest BCUT2D eigenvalue weighted by atomic mass is 10.2. The molecule has 0 fully saturated rings. The summed E-state index contributed by atoms with van der Waals surface area (Å²) in [5.74, 6) is 0. The van der Waals surface area contributed by atoms with Crippen LogP contribution in [0.1, 0.15) is 13.8 Å². The summed E-state index contributed by atoms with van der Waals surface area (Å²) in [7, 11) is -2.01. The van der Waals surface area contributed by atoms with Crippen LogP contribution in [0.3, 0.4) is 0 Å². The van der Waals surface area contributed by atoms with Crippen molar-refractivity contribution in [2.75, 3.05) is 18.0 Å². The van der Waals surface area contributed by atoms with Gasteiger partial charge in [-0.15, -0.1) is 11.3 Å². The maximum Gasteiger partial charge on any atom is 0.239 e. The Bertz CT molecular complexity index is 1180. The molecule has 154 valence electrons. The third-order valence-corrected chi connectivity index (χ3v) is 6.97. The van der Waals surface area contributed by atoms with Crippen LogP contribution in [-0.4, -0.2) is 26.1 Å². The molecule has 1 heterocycles. The lowest BCUT2D eigenvalue weighted by Crippen LogP contribution is -2.21. The largest absolute Gasteiger partial charge is 0.372 e. The smallest absolute Gasteiger partial charge is 0.239 e. The summed E-state index contributed by atoms with van der Waals surface area (Å²) in [4.78, 5) is 7.70. The number of nitrogens with two attached hydrogens (primary N) is 1. The zero-order valence-corrected chi connectivity index (χ0v) is 18.9. The first-order valence-electron chi connectivity index (χ1n) is 9.11. The van der Waals surface area contributed by atoms with Gasteiger partial charge in [-0.3, -0.25) is 0 Å². The first-order chi connectivity index (χ1) is 13.7. The predicted octanol–water partition coefficient (Wildman–Crippen LogP) is 4.13. The molecule has 9 heteroatoms. The molecule has 0 bridgehead atoms. The Morgan fingerprint density at radius 2 is 1.79 bits per heavy atom. The molecule has 0 aliphatic carbocycles. The molecule has 29 heavy (non-hydrogen) atoms. The summed E-state index contributed by atoms with van der Waals surface area (Å²) in [6.45, 7) is 6.18. The molecular weight excluding hydrogens is 428 g/mol. The molecule has 0 saturated heterocycles. The number of hydrogen-bond acceptors (Lipinski definition) is 5. The van der Waals surface area contributed by atoms with Gasteiger partial charge in [0.2, 0.25) is 10.0 Å². The molecule has 0 saturated carbocycles. The summed E-state index contributed by atoms with van der Waals surface area (Å²) in [6, 6.07) is 12.9. The first-order valence-corrected chi connectivity index (χ1v) is 11.9. The van der Waals surface area contributed by atoms with Crippen molar-refractivity contribution in [2.45, 2.75) is 18.7 Å². The van der Waals surface area contributed by atoms with E-state index in [2.05, 4.69) is 30.9 Å². The second-order valence-corrected chi connectivity index (χ2v) is 9.23. The number of rotatable bonds is 6. The van der Waals surface area contributed by atoms with Crippen LogP contribution < -0.4 is 14.8 Å². The van der Waals surface area contributed by atoms with Gasteiger partial charge in [0.05, 0.1) is 16.4 Å². The van der Waals surface area contributed by atoms with Crippen LogP contribution in [0.25, 0.3) is 11.3 Å². The minimum absolute atomic E-state index is 0.0895. The van der Waals surface area contributed by atoms with Gasteiger partial charge in [0.25, 0.3) is 0 Å². The molecule has 0 unspecified atom stereocenters. The fraction of sp³-hybridized carbons (Fsp3) is 0.250. The average Bonchev–Trinajstić information content (AvgIpc) is 3.04. The maximum absolute atomic E-state index is 11.8. The van der Waals surface area contributed by atoms with E-state index in [9.17, 15) is 8.42 Å². The number of primary sulfonamides is 1. The Morgan fingerprint density at radius 3 is 2.38 bits per heavy atom. The van der Waals surface area contributed by atoms with Gasteiger partial charge in [-0.05, 0) is 50.2 Å². The molecule has 0 atom stereocenters. The summed E-state index contributed by atoms with van der Waals surface area (Å²) >= 11 is 7.47. The van der Waals surface area contributed by atoms with Gasteiger partial charge in [0.15, 0.2) is 4.80 Å². The SMILES string of the molecule is CCN(CC)c1ccc(N=c2scc(-c3ccc(Cl)c(S(N)(=O)=O)c3)n2C)cc1. The van der Waals surface area contributed by atoms with Gasteiger partial charge < -0.3 is 9.47 Å². The Hall–Kier alpha value is -2.13. The van der Waals surface area contributed by atoms with Crippen molar-refractivity contribution in [3.63, 3.8) is 0 Å². The average molecular weight is 451 g/mol. The van der Waals surface area contributed by atoms with Crippen LogP contribution >= 0.6 is 22.9 Å². The Kier molecular flexibility index (Phi) is 6.48. The van der Waals surface area contributed by atoms with Crippen molar-refractivity contribution in [1.29, 1.82) is 0 Å². The number of thiazole rings is 1. The number of hydrogen-bond donors (Lipinski definition) is 1. The predicted molar refractivity (Wildman–Crippen MR) is 120 cm³/mol. The van der Waals surface area contributed by atoms with Crippen molar-refractivity contribution in [2.24, 2.45) is 17.2 Å². The van der Waals surface area contributed by atoms with Crippen LogP contribution in [0.15, 0.2) is 57.7 Å². The zero-order valence-electron chi connectivity index (χ0n) is 16.5. The Labute approximate surface area is 179 Å². The van der Waals surface area contributed by atoms with E-state index >= 15 is 0 Å². The standard InChI is InChI=1S/C20H23ClN4O2S2/c1-4-25(5-2)16-9-7-15(8-10-16)23-20-24(3)18(13-28-20)14-6-11-17(21)19(12-14)29(22,26)27/h6-13H,4-5H2,1-3H3,(H2,22,26,27). The maximum atomic E-state index is 11.8. The second-order valence-electron chi connectivity index (χ2n) is 6.45. The summed E-state index contributed by atoms with van der Waals surface area (Å²) in [5, 5.41) is 7.30. The van der Waals surface area contributed by atoms with E-state index in [-0.39, 0.29) is 9.92 Å². The molecule has 0 aliphatic heterocycles. The van der Waals surface area contributed by atoms with E-state index in [1.165, 1.54) is 29.2 Å². The van der Waals surface area contributed by atoms with Crippen LogP contribution in [0.2, 0.25) is 5.02 Å². The summed E-state index contributed by atoms with van der Waals surface area (Å²) in [6.07, 6.45) is 0. The third kappa shape index (κ3) is 4.72.